The molecule has 4 rings (SSSR count). The Morgan fingerprint density at radius 1 is 1.19 bits per heavy atom. The monoisotopic (exact) mass is 420 g/mol. The highest BCUT2D eigenvalue weighted by atomic mass is 16.5. The Hall–Kier alpha value is -3.51. The summed E-state index contributed by atoms with van der Waals surface area (Å²) in [5, 5.41) is 7.57. The molecule has 0 saturated carbocycles. The standard InChI is InChI=1S/C23H28N6O2/c1-16(2)31-20-9-6-18(7-10-20)29-23(26-22(24)27-29)25-21-11-8-19(14-17(21)15-30)28-12-4-3-5-13-28/h6-11,14,16,21H,3-5,12-13H2,1-2H3,(H3,24,25,26,27). The number of nitrogen functional groups attached to an aromatic ring is 1. The second-order valence-electron chi connectivity index (χ2n) is 8.02. The number of hydrogen-bond donors (Lipinski definition) is 2. The predicted octanol–water partition coefficient (Wildman–Crippen LogP) is 3.11. The van der Waals surface area contributed by atoms with Gasteiger partial charge in [-0.2, -0.15) is 9.67 Å². The van der Waals surface area contributed by atoms with E-state index in [1.165, 1.54) is 19.3 Å². The number of likely N-dealkylation sites (tertiary alicyclic amines) is 1. The molecule has 1 fully saturated rings. The van der Waals surface area contributed by atoms with E-state index in [2.05, 4.69) is 26.2 Å². The summed E-state index contributed by atoms with van der Waals surface area (Å²) in [5.41, 5.74) is 8.24. The number of allylic oxidation sites excluding steroid dienone is 1. The summed E-state index contributed by atoms with van der Waals surface area (Å²) in [4.78, 5) is 18.3. The first-order valence-corrected chi connectivity index (χ1v) is 10.7. The fourth-order valence-corrected chi connectivity index (χ4v) is 3.84. The lowest BCUT2D eigenvalue weighted by atomic mass is 10.00. The molecule has 0 amide bonds. The molecule has 0 radical (unpaired) electrons. The Balaban J connectivity index is 1.53. The molecule has 162 valence electrons. The molecule has 0 bridgehead atoms. The fraction of sp³-hybridized carbons (Fsp3) is 0.391. The van der Waals surface area contributed by atoms with Crippen molar-refractivity contribution in [2.24, 2.45) is 0 Å². The molecule has 2 heterocycles. The van der Waals surface area contributed by atoms with Gasteiger partial charge in [0.25, 0.3) is 0 Å². The van der Waals surface area contributed by atoms with Crippen LogP contribution in [0.2, 0.25) is 0 Å². The molecule has 1 unspecified atom stereocenters. The van der Waals surface area contributed by atoms with E-state index in [0.717, 1.165) is 30.2 Å². The SMILES string of the molecule is CC(C)Oc1ccc(-n2nc(N)nc2NC2C=CC(N3CCCCC3)=CC2=C=O)cc1. The Labute approximate surface area is 182 Å². The van der Waals surface area contributed by atoms with Crippen LogP contribution < -0.4 is 15.8 Å². The van der Waals surface area contributed by atoms with Gasteiger partial charge in [0.05, 0.1) is 23.4 Å². The molecule has 1 saturated heterocycles. The maximum atomic E-state index is 11.7. The average molecular weight is 421 g/mol. The minimum atomic E-state index is -0.364. The largest absolute Gasteiger partial charge is 0.491 e. The van der Waals surface area contributed by atoms with Crippen molar-refractivity contribution in [3.8, 4) is 11.4 Å². The summed E-state index contributed by atoms with van der Waals surface area (Å²) in [6, 6.07) is 7.16. The molecule has 8 nitrogen and oxygen atoms in total. The van der Waals surface area contributed by atoms with Crippen molar-refractivity contribution in [2.75, 3.05) is 24.1 Å². The molecule has 2 aliphatic rings. The lowest BCUT2D eigenvalue weighted by molar-refractivity contribution is 0.242. The summed E-state index contributed by atoms with van der Waals surface area (Å²) in [7, 11) is 0. The van der Waals surface area contributed by atoms with Crippen LogP contribution in [0.4, 0.5) is 11.9 Å². The fourth-order valence-electron chi connectivity index (χ4n) is 3.84. The van der Waals surface area contributed by atoms with Gasteiger partial charge in [-0.1, -0.05) is 6.08 Å². The third-order valence-electron chi connectivity index (χ3n) is 5.30. The van der Waals surface area contributed by atoms with Gasteiger partial charge in [0, 0.05) is 18.8 Å². The van der Waals surface area contributed by atoms with E-state index in [1.807, 2.05) is 56.3 Å². The summed E-state index contributed by atoms with van der Waals surface area (Å²) >= 11 is 0. The van der Waals surface area contributed by atoms with E-state index in [9.17, 15) is 4.79 Å². The molecule has 0 spiro atoms. The van der Waals surface area contributed by atoms with Gasteiger partial charge in [-0.15, -0.1) is 5.10 Å². The molecule has 1 aromatic heterocycles. The van der Waals surface area contributed by atoms with Crippen molar-refractivity contribution in [1.82, 2.24) is 19.7 Å². The smallest absolute Gasteiger partial charge is 0.241 e. The molecule has 8 heteroatoms. The highest BCUT2D eigenvalue weighted by Crippen LogP contribution is 2.25. The van der Waals surface area contributed by atoms with Crippen LogP contribution in [-0.4, -0.2) is 50.8 Å². The molecule has 1 atom stereocenters. The van der Waals surface area contributed by atoms with Gasteiger partial charge < -0.3 is 20.7 Å². The van der Waals surface area contributed by atoms with Crippen molar-refractivity contribution in [3.05, 3.63) is 53.8 Å². The van der Waals surface area contributed by atoms with Crippen molar-refractivity contribution < 1.29 is 9.53 Å². The maximum Gasteiger partial charge on any atom is 0.241 e. The van der Waals surface area contributed by atoms with Crippen molar-refractivity contribution in [1.29, 1.82) is 0 Å². The van der Waals surface area contributed by atoms with Crippen LogP contribution in [0.15, 0.2) is 53.8 Å². The van der Waals surface area contributed by atoms with E-state index in [4.69, 9.17) is 10.5 Å². The second-order valence-corrected chi connectivity index (χ2v) is 8.02. The van der Waals surface area contributed by atoms with Gasteiger partial charge >= 0.3 is 0 Å². The number of ether oxygens (including phenoxy) is 1. The zero-order valence-electron chi connectivity index (χ0n) is 17.9. The van der Waals surface area contributed by atoms with E-state index in [-0.39, 0.29) is 18.1 Å². The van der Waals surface area contributed by atoms with Gasteiger partial charge in [-0.05, 0) is 69.5 Å². The van der Waals surface area contributed by atoms with Gasteiger partial charge in [0.15, 0.2) is 0 Å². The van der Waals surface area contributed by atoms with E-state index in [1.54, 1.807) is 4.68 Å². The zero-order valence-corrected chi connectivity index (χ0v) is 17.9. The molecule has 31 heavy (non-hydrogen) atoms. The maximum absolute atomic E-state index is 11.7. The Kier molecular flexibility index (Phi) is 6.09. The number of nitrogens with one attached hydrogen (secondary N) is 1. The topological polar surface area (TPSA) is 98.3 Å². The van der Waals surface area contributed by atoms with Crippen molar-refractivity contribution >= 4 is 17.8 Å². The Bertz CT molecular complexity index is 1020. The Morgan fingerprint density at radius 2 is 1.94 bits per heavy atom. The predicted molar refractivity (Wildman–Crippen MR) is 121 cm³/mol. The molecule has 2 aromatic rings. The van der Waals surface area contributed by atoms with Crippen LogP contribution in [0, 0.1) is 0 Å². The van der Waals surface area contributed by atoms with Crippen LogP contribution in [0.1, 0.15) is 33.1 Å². The number of hydrogen-bond acceptors (Lipinski definition) is 7. The summed E-state index contributed by atoms with van der Waals surface area (Å²) < 4.78 is 7.32. The average Bonchev–Trinajstić information content (AvgIpc) is 3.14. The zero-order chi connectivity index (χ0) is 21.8. The summed E-state index contributed by atoms with van der Waals surface area (Å²) in [6.45, 7) is 5.99. The number of carbonyl (C=O) groups excluding carboxylic acids is 1. The number of rotatable bonds is 6. The number of piperidine rings is 1. The number of nitrogens with zero attached hydrogens (tertiary/aromatic N) is 4. The second kappa shape index (κ2) is 9.10. The summed E-state index contributed by atoms with van der Waals surface area (Å²) in [5.74, 6) is 3.45. The third kappa shape index (κ3) is 4.81. The minimum Gasteiger partial charge on any atom is -0.491 e. The van der Waals surface area contributed by atoms with E-state index < -0.39 is 0 Å². The molecular weight excluding hydrogens is 392 g/mol. The normalized spacial score (nSPS) is 18.7. The van der Waals surface area contributed by atoms with Gasteiger partial charge in [-0.25, -0.2) is 4.79 Å². The lowest BCUT2D eigenvalue weighted by Crippen LogP contribution is -2.31. The number of anilines is 2. The first-order valence-electron chi connectivity index (χ1n) is 10.7. The van der Waals surface area contributed by atoms with Gasteiger partial charge in [0.2, 0.25) is 11.9 Å². The molecule has 1 aliphatic heterocycles. The molecule has 1 aliphatic carbocycles. The summed E-state index contributed by atoms with van der Waals surface area (Å²) in [6.07, 6.45) is 9.62. The third-order valence-corrected chi connectivity index (χ3v) is 5.30. The van der Waals surface area contributed by atoms with Gasteiger partial charge in [-0.3, -0.25) is 0 Å². The van der Waals surface area contributed by atoms with Crippen molar-refractivity contribution in [3.63, 3.8) is 0 Å². The van der Waals surface area contributed by atoms with Crippen LogP contribution in [-0.2, 0) is 4.79 Å². The van der Waals surface area contributed by atoms with E-state index in [0.29, 0.717) is 11.5 Å². The highest BCUT2D eigenvalue weighted by molar-refractivity contribution is 5.66. The Morgan fingerprint density at radius 3 is 2.61 bits per heavy atom. The highest BCUT2D eigenvalue weighted by Gasteiger charge is 2.22. The van der Waals surface area contributed by atoms with E-state index >= 15 is 0 Å². The number of aromatic nitrogens is 3. The van der Waals surface area contributed by atoms with Gasteiger partial charge in [0.1, 0.15) is 11.7 Å². The van der Waals surface area contributed by atoms with Crippen LogP contribution in [0.25, 0.3) is 5.69 Å². The van der Waals surface area contributed by atoms with Crippen LogP contribution in [0.3, 0.4) is 0 Å². The van der Waals surface area contributed by atoms with Crippen LogP contribution >= 0.6 is 0 Å². The van der Waals surface area contributed by atoms with Crippen LogP contribution in [0.5, 0.6) is 5.75 Å². The molecule has 1 aromatic carbocycles. The first-order chi connectivity index (χ1) is 15.0. The number of benzene rings is 1. The lowest BCUT2D eigenvalue weighted by Gasteiger charge is -2.31. The number of nitrogens with two attached hydrogens (primary N) is 1. The first kappa shape index (κ1) is 20.8. The minimum absolute atomic E-state index is 0.0969. The van der Waals surface area contributed by atoms with Crippen molar-refractivity contribution in [2.45, 2.75) is 45.3 Å². The quantitative estimate of drug-likeness (QED) is 0.693. The molecule has 3 N–H and O–H groups in total. The molecular formula is C23H28N6O2.